The van der Waals surface area contributed by atoms with Crippen molar-refractivity contribution >= 4 is 28.4 Å². The molecule has 1 aliphatic rings. The highest BCUT2D eigenvalue weighted by Crippen LogP contribution is 2.38. The molecule has 2 heterocycles. The average molecular weight is 461 g/mol. The maximum Gasteiger partial charge on any atom is 0.411 e. The van der Waals surface area contributed by atoms with E-state index in [4.69, 9.17) is 14.2 Å². The summed E-state index contributed by atoms with van der Waals surface area (Å²) in [6, 6.07) is 13.6. The van der Waals surface area contributed by atoms with Crippen LogP contribution in [0.5, 0.6) is 11.5 Å². The van der Waals surface area contributed by atoms with Crippen LogP contribution < -0.4 is 19.7 Å². The third-order valence-corrected chi connectivity index (χ3v) is 6.02. The van der Waals surface area contributed by atoms with Crippen molar-refractivity contribution in [1.82, 2.24) is 4.98 Å². The van der Waals surface area contributed by atoms with E-state index >= 15 is 0 Å². The Kier molecular flexibility index (Phi) is 6.73. The first-order valence-corrected chi connectivity index (χ1v) is 11.2. The second-order valence-corrected chi connectivity index (χ2v) is 8.52. The van der Waals surface area contributed by atoms with Crippen LogP contribution in [0.2, 0.25) is 0 Å². The number of pyridine rings is 1. The van der Waals surface area contributed by atoms with Crippen molar-refractivity contribution < 1.29 is 19.0 Å². The van der Waals surface area contributed by atoms with Crippen LogP contribution in [0, 0.1) is 11.3 Å². The lowest BCUT2D eigenvalue weighted by Gasteiger charge is -2.22. The molecule has 176 valence electrons. The van der Waals surface area contributed by atoms with Gasteiger partial charge in [0.1, 0.15) is 12.2 Å². The average Bonchev–Trinajstić information content (AvgIpc) is 3.30. The Hall–Kier alpha value is -3.99. The summed E-state index contributed by atoms with van der Waals surface area (Å²) in [5.41, 5.74) is 3.80. The lowest BCUT2D eigenvalue weighted by Crippen LogP contribution is -2.27. The number of hydrogen-bond donors (Lipinski definition) is 1. The molecular formula is C26H28N4O4. The minimum absolute atomic E-state index is 0.301. The predicted octanol–water partition coefficient (Wildman–Crippen LogP) is 5.07. The number of rotatable bonds is 6. The highest BCUT2D eigenvalue weighted by Gasteiger charge is 2.29. The first-order chi connectivity index (χ1) is 16.4. The van der Waals surface area contributed by atoms with Gasteiger partial charge < -0.3 is 19.1 Å². The molecule has 3 aromatic rings. The Morgan fingerprint density at radius 2 is 1.88 bits per heavy atom. The summed E-state index contributed by atoms with van der Waals surface area (Å²) in [5, 5.41) is 13.3. The Bertz CT molecular complexity index is 1230. The second kappa shape index (κ2) is 9.87. The molecule has 34 heavy (non-hydrogen) atoms. The smallest absolute Gasteiger partial charge is 0.411 e. The zero-order valence-electron chi connectivity index (χ0n) is 19.8. The number of nitriles is 1. The first kappa shape index (κ1) is 23.2. The van der Waals surface area contributed by atoms with E-state index < -0.39 is 6.09 Å². The lowest BCUT2D eigenvalue weighted by molar-refractivity contribution is 0.122. The van der Waals surface area contributed by atoms with Crippen LogP contribution in [0.25, 0.3) is 10.9 Å². The van der Waals surface area contributed by atoms with Gasteiger partial charge in [-0.05, 0) is 29.7 Å². The lowest BCUT2D eigenvalue weighted by atomic mass is 10.0. The van der Waals surface area contributed by atoms with Crippen molar-refractivity contribution in [1.29, 1.82) is 5.26 Å². The molecule has 2 aromatic carbocycles. The van der Waals surface area contributed by atoms with Crippen molar-refractivity contribution in [3.8, 4) is 17.6 Å². The van der Waals surface area contributed by atoms with E-state index in [1.165, 1.54) is 5.56 Å². The molecule has 1 aliphatic heterocycles. The fourth-order valence-electron chi connectivity index (χ4n) is 4.21. The van der Waals surface area contributed by atoms with Crippen LogP contribution in [0.3, 0.4) is 0 Å². The third kappa shape index (κ3) is 4.69. The number of anilines is 2. The van der Waals surface area contributed by atoms with Crippen LogP contribution in [0.4, 0.5) is 16.2 Å². The number of aromatic nitrogens is 1. The van der Waals surface area contributed by atoms with Crippen LogP contribution in [0.1, 0.15) is 37.3 Å². The van der Waals surface area contributed by atoms with Gasteiger partial charge in [0.15, 0.2) is 11.5 Å². The molecule has 8 nitrogen and oxygen atoms in total. The van der Waals surface area contributed by atoms with Crippen molar-refractivity contribution in [3.63, 3.8) is 0 Å². The molecule has 1 N–H and O–H groups in total. The number of methoxy groups -OCH3 is 2. The Labute approximate surface area is 199 Å². The second-order valence-electron chi connectivity index (χ2n) is 8.52. The summed E-state index contributed by atoms with van der Waals surface area (Å²) in [4.78, 5) is 19.0. The number of hydrogen-bond acceptors (Lipinski definition) is 7. The molecule has 0 spiro atoms. The van der Waals surface area contributed by atoms with Crippen LogP contribution in [0.15, 0.2) is 42.6 Å². The number of amides is 1. The number of fused-ring (bicyclic) bond motifs is 1. The van der Waals surface area contributed by atoms with Gasteiger partial charge in [0.25, 0.3) is 0 Å². The van der Waals surface area contributed by atoms with Gasteiger partial charge in [0.05, 0.1) is 37.5 Å². The number of benzene rings is 2. The van der Waals surface area contributed by atoms with Gasteiger partial charge in [-0.1, -0.05) is 26.0 Å². The molecule has 1 unspecified atom stereocenters. The molecule has 1 fully saturated rings. The molecule has 1 atom stereocenters. The first-order valence-electron chi connectivity index (χ1n) is 11.2. The molecular weight excluding hydrogens is 432 g/mol. The van der Waals surface area contributed by atoms with Gasteiger partial charge in [-0.3, -0.25) is 10.3 Å². The molecule has 0 radical (unpaired) electrons. The van der Waals surface area contributed by atoms with Gasteiger partial charge in [-0.2, -0.15) is 5.26 Å². The zero-order valence-corrected chi connectivity index (χ0v) is 19.8. The number of carbonyl (C=O) groups excluding carboxylic acids is 1. The quantitative estimate of drug-likeness (QED) is 0.548. The third-order valence-electron chi connectivity index (χ3n) is 6.02. The summed E-state index contributed by atoms with van der Waals surface area (Å²) >= 11 is 0. The fraction of sp³-hybridized carbons (Fsp3) is 0.346. The summed E-state index contributed by atoms with van der Waals surface area (Å²) in [6.07, 6.45) is 1.42. The zero-order chi connectivity index (χ0) is 24.2. The molecule has 4 rings (SSSR count). The summed E-state index contributed by atoms with van der Waals surface area (Å²) in [6.45, 7) is 5.36. The van der Waals surface area contributed by atoms with E-state index in [1.54, 1.807) is 26.5 Å². The molecule has 1 aromatic heterocycles. The summed E-state index contributed by atoms with van der Waals surface area (Å²) < 4.78 is 16.5. The molecule has 0 aliphatic carbocycles. The maximum absolute atomic E-state index is 12.5. The van der Waals surface area contributed by atoms with E-state index in [9.17, 15) is 10.1 Å². The van der Waals surface area contributed by atoms with E-state index in [2.05, 4.69) is 35.1 Å². The van der Waals surface area contributed by atoms with Gasteiger partial charge >= 0.3 is 6.09 Å². The minimum atomic E-state index is -0.490. The normalized spacial score (nSPS) is 15.3. The van der Waals surface area contributed by atoms with Crippen LogP contribution in [-0.4, -0.2) is 44.5 Å². The highest BCUT2D eigenvalue weighted by molar-refractivity contribution is 5.96. The van der Waals surface area contributed by atoms with Gasteiger partial charge in [0.2, 0.25) is 0 Å². The maximum atomic E-state index is 12.5. The van der Waals surface area contributed by atoms with Crippen molar-refractivity contribution in [3.05, 3.63) is 53.7 Å². The van der Waals surface area contributed by atoms with Crippen molar-refractivity contribution in [2.75, 3.05) is 37.5 Å². The Morgan fingerprint density at radius 3 is 2.53 bits per heavy atom. The Balaban J connectivity index is 1.50. The fourth-order valence-corrected chi connectivity index (χ4v) is 4.21. The number of carbonyl (C=O) groups is 1. The predicted molar refractivity (Wildman–Crippen MR) is 131 cm³/mol. The van der Waals surface area contributed by atoms with Gasteiger partial charge in [0, 0.05) is 36.3 Å². The summed E-state index contributed by atoms with van der Waals surface area (Å²) in [7, 11) is 3.14. The monoisotopic (exact) mass is 460 g/mol. The standard InChI is InChI=1S/C26H28N4O4/c1-16(2)17-5-7-19(8-6-17)29-26(31)34-20-9-10-30(15-20)25-18(13-27)14-28-22-12-24(33-4)23(32-3)11-21(22)25/h5-8,11-12,14,16,20H,9-10,15H2,1-4H3,(H,29,31). The highest BCUT2D eigenvalue weighted by atomic mass is 16.6. The summed E-state index contributed by atoms with van der Waals surface area (Å²) in [5.74, 6) is 1.55. The SMILES string of the molecule is COc1cc2ncc(C#N)c(N3CCC(OC(=O)Nc4ccc(C(C)C)cc4)C3)c2cc1OC. The number of ether oxygens (including phenoxy) is 3. The van der Waals surface area contributed by atoms with E-state index in [0.717, 1.165) is 11.1 Å². The minimum Gasteiger partial charge on any atom is -0.493 e. The van der Waals surface area contributed by atoms with Crippen LogP contribution in [-0.2, 0) is 4.74 Å². The Morgan fingerprint density at radius 1 is 1.18 bits per heavy atom. The topological polar surface area (TPSA) is 96.7 Å². The molecule has 8 heteroatoms. The van der Waals surface area contributed by atoms with E-state index in [0.29, 0.717) is 53.7 Å². The largest absolute Gasteiger partial charge is 0.493 e. The van der Waals surface area contributed by atoms with Crippen molar-refractivity contribution in [2.45, 2.75) is 32.3 Å². The molecule has 0 bridgehead atoms. The molecule has 1 saturated heterocycles. The van der Waals surface area contributed by atoms with E-state index in [1.807, 2.05) is 30.3 Å². The molecule has 1 amide bonds. The molecule has 0 saturated carbocycles. The van der Waals surface area contributed by atoms with Gasteiger partial charge in [-0.15, -0.1) is 0 Å². The van der Waals surface area contributed by atoms with Crippen LogP contribution >= 0.6 is 0 Å². The van der Waals surface area contributed by atoms with Gasteiger partial charge in [-0.25, -0.2) is 4.79 Å². The number of nitrogens with one attached hydrogen (secondary N) is 1. The van der Waals surface area contributed by atoms with E-state index in [-0.39, 0.29) is 6.10 Å². The number of nitrogens with zero attached hydrogens (tertiary/aromatic N) is 3. The van der Waals surface area contributed by atoms with Crippen molar-refractivity contribution in [2.24, 2.45) is 0 Å².